The molecule has 1 unspecified atom stereocenters. The van der Waals surface area contributed by atoms with Crippen LogP contribution in [-0.4, -0.2) is 0 Å². The van der Waals surface area contributed by atoms with E-state index >= 15 is 0 Å². The second-order valence-corrected chi connectivity index (χ2v) is 2.10. The van der Waals surface area contributed by atoms with Gasteiger partial charge in [-0.15, -0.1) is 6.58 Å². The molecule has 0 aliphatic rings. The van der Waals surface area contributed by atoms with Gasteiger partial charge >= 0.3 is 0 Å². The van der Waals surface area contributed by atoms with E-state index < -0.39 is 0 Å². The normalized spacial score (nSPS) is 14.3. The molecule has 0 aromatic heterocycles. The molecule has 1 radical (unpaired) electrons. The molecule has 0 heterocycles. The molecule has 1 atom stereocenters. The summed E-state index contributed by atoms with van der Waals surface area (Å²) in [7, 11) is 0. The monoisotopic (exact) mass is 97.1 g/mol. The van der Waals surface area contributed by atoms with Gasteiger partial charge in [-0.05, 0) is 11.8 Å². The first-order valence-corrected chi connectivity index (χ1v) is 2.61. The number of hydrogen-bond donors (Lipinski definition) is 0. The predicted octanol–water partition coefficient (Wildman–Crippen LogP) is 2.42. The molecule has 0 fully saturated rings. The number of allylic oxidation sites excluding steroid dienone is 1. The van der Waals surface area contributed by atoms with E-state index in [1.807, 2.05) is 6.08 Å². The SMILES string of the molecule is C=CC(C)[C](C)C. The maximum atomic E-state index is 3.66. The molecule has 0 bridgehead atoms. The quantitative estimate of drug-likeness (QED) is 0.464. The van der Waals surface area contributed by atoms with Crippen molar-refractivity contribution in [2.45, 2.75) is 20.8 Å². The van der Waals surface area contributed by atoms with Crippen LogP contribution in [0.2, 0.25) is 0 Å². The molecule has 0 saturated carbocycles. The van der Waals surface area contributed by atoms with E-state index in [1.54, 1.807) is 0 Å². The Morgan fingerprint density at radius 2 is 2.00 bits per heavy atom. The van der Waals surface area contributed by atoms with Crippen LogP contribution in [0.4, 0.5) is 0 Å². The molecular weight excluding hydrogens is 84.1 g/mol. The molecular formula is C7H13. The molecule has 0 N–H and O–H groups in total. The summed E-state index contributed by atoms with van der Waals surface area (Å²) in [6.07, 6.45) is 1.95. The predicted molar refractivity (Wildman–Crippen MR) is 34.0 cm³/mol. The summed E-state index contributed by atoms with van der Waals surface area (Å²) in [5, 5.41) is 0. The second kappa shape index (κ2) is 2.84. The fraction of sp³-hybridized carbons (Fsp3) is 0.571. The van der Waals surface area contributed by atoms with Gasteiger partial charge in [0.2, 0.25) is 0 Å². The Hall–Kier alpha value is -0.260. The summed E-state index contributed by atoms with van der Waals surface area (Å²) in [6, 6.07) is 0. The van der Waals surface area contributed by atoms with E-state index in [2.05, 4.69) is 27.4 Å². The number of rotatable bonds is 2. The van der Waals surface area contributed by atoms with Crippen molar-refractivity contribution in [3.8, 4) is 0 Å². The van der Waals surface area contributed by atoms with E-state index in [0.717, 1.165) is 0 Å². The van der Waals surface area contributed by atoms with Crippen molar-refractivity contribution in [3.05, 3.63) is 18.6 Å². The third-order valence-electron chi connectivity index (χ3n) is 1.26. The Morgan fingerprint density at radius 3 is 2.00 bits per heavy atom. The van der Waals surface area contributed by atoms with Gasteiger partial charge in [0.25, 0.3) is 0 Å². The Labute approximate surface area is 46.2 Å². The second-order valence-electron chi connectivity index (χ2n) is 2.10. The molecule has 0 rings (SSSR count). The van der Waals surface area contributed by atoms with Gasteiger partial charge in [0, 0.05) is 0 Å². The molecule has 7 heavy (non-hydrogen) atoms. The summed E-state index contributed by atoms with van der Waals surface area (Å²) in [5.74, 6) is 2.01. The summed E-state index contributed by atoms with van der Waals surface area (Å²) in [6.45, 7) is 10.0. The van der Waals surface area contributed by atoms with Crippen LogP contribution >= 0.6 is 0 Å². The van der Waals surface area contributed by atoms with Crippen molar-refractivity contribution in [2.75, 3.05) is 0 Å². The Bertz CT molecular complexity index is 53.1. The fourth-order valence-corrected chi connectivity index (χ4v) is 0.236. The van der Waals surface area contributed by atoms with E-state index in [-0.39, 0.29) is 0 Å². The lowest BCUT2D eigenvalue weighted by atomic mass is 9.99. The maximum absolute atomic E-state index is 3.66. The minimum atomic E-state index is 0.583. The first-order valence-electron chi connectivity index (χ1n) is 2.61. The maximum Gasteiger partial charge on any atom is -0.0208 e. The number of hydrogen-bond acceptors (Lipinski definition) is 0. The molecule has 41 valence electrons. The third-order valence-corrected chi connectivity index (χ3v) is 1.26. The average molecular weight is 97.2 g/mol. The molecule has 0 aliphatic heterocycles. The van der Waals surface area contributed by atoms with Crippen LogP contribution in [0, 0.1) is 11.8 Å². The highest BCUT2D eigenvalue weighted by Gasteiger charge is 1.99. The lowest BCUT2D eigenvalue weighted by Crippen LogP contribution is -1.95. The van der Waals surface area contributed by atoms with Gasteiger partial charge in [-0.1, -0.05) is 26.8 Å². The van der Waals surface area contributed by atoms with Gasteiger partial charge in [0.05, 0.1) is 0 Å². The average Bonchev–Trinajstić information content (AvgIpc) is 1.65. The molecule has 0 saturated heterocycles. The van der Waals surface area contributed by atoms with Crippen LogP contribution < -0.4 is 0 Å². The van der Waals surface area contributed by atoms with Gasteiger partial charge in [0.15, 0.2) is 0 Å². The van der Waals surface area contributed by atoms with Crippen molar-refractivity contribution in [1.29, 1.82) is 0 Å². The van der Waals surface area contributed by atoms with Crippen molar-refractivity contribution < 1.29 is 0 Å². The first kappa shape index (κ1) is 6.74. The van der Waals surface area contributed by atoms with E-state index in [0.29, 0.717) is 5.92 Å². The van der Waals surface area contributed by atoms with Gasteiger partial charge in [-0.2, -0.15) is 0 Å². The van der Waals surface area contributed by atoms with Gasteiger partial charge < -0.3 is 0 Å². The van der Waals surface area contributed by atoms with Gasteiger partial charge in [-0.3, -0.25) is 0 Å². The van der Waals surface area contributed by atoms with Crippen LogP contribution in [0.25, 0.3) is 0 Å². The van der Waals surface area contributed by atoms with Crippen molar-refractivity contribution in [2.24, 2.45) is 5.92 Å². The van der Waals surface area contributed by atoms with Gasteiger partial charge in [-0.25, -0.2) is 0 Å². The lowest BCUT2D eigenvalue weighted by Gasteiger charge is -2.06. The van der Waals surface area contributed by atoms with Gasteiger partial charge in [0.1, 0.15) is 0 Å². The zero-order chi connectivity index (χ0) is 5.86. The summed E-state index contributed by atoms with van der Waals surface area (Å²) in [4.78, 5) is 0. The minimum absolute atomic E-state index is 0.583. The van der Waals surface area contributed by atoms with Crippen LogP contribution in [0.1, 0.15) is 20.8 Å². The topological polar surface area (TPSA) is 0 Å². The van der Waals surface area contributed by atoms with Crippen molar-refractivity contribution >= 4 is 0 Å². The van der Waals surface area contributed by atoms with Crippen LogP contribution in [0.15, 0.2) is 12.7 Å². The molecule has 0 aromatic rings. The minimum Gasteiger partial charge on any atom is -0.103 e. The highest BCUT2D eigenvalue weighted by Crippen LogP contribution is 2.11. The zero-order valence-electron chi connectivity index (χ0n) is 5.36. The third kappa shape index (κ3) is 2.44. The Morgan fingerprint density at radius 1 is 1.57 bits per heavy atom. The van der Waals surface area contributed by atoms with Crippen LogP contribution in [0.3, 0.4) is 0 Å². The summed E-state index contributed by atoms with van der Waals surface area (Å²) < 4.78 is 0. The van der Waals surface area contributed by atoms with E-state index in [9.17, 15) is 0 Å². The molecule has 0 amide bonds. The highest BCUT2D eigenvalue weighted by molar-refractivity contribution is 4.94. The van der Waals surface area contributed by atoms with Crippen LogP contribution in [-0.2, 0) is 0 Å². The highest BCUT2D eigenvalue weighted by atomic mass is 14.0. The summed E-state index contributed by atoms with van der Waals surface area (Å²) >= 11 is 0. The standard InChI is InChI=1S/C7H13/c1-5-7(4)6(2)3/h5,7H,1H2,2-4H3. The molecule has 0 heteroatoms. The fourth-order valence-electron chi connectivity index (χ4n) is 0.236. The zero-order valence-corrected chi connectivity index (χ0v) is 5.36. The largest absolute Gasteiger partial charge is 0.103 e. The van der Waals surface area contributed by atoms with E-state index in [4.69, 9.17) is 0 Å². The summed E-state index contributed by atoms with van der Waals surface area (Å²) in [5.41, 5.74) is 0. The molecule has 0 nitrogen and oxygen atoms in total. The first-order chi connectivity index (χ1) is 3.18. The molecule has 0 aliphatic carbocycles. The smallest absolute Gasteiger partial charge is 0.0208 e. The lowest BCUT2D eigenvalue weighted by molar-refractivity contribution is 0.745. The Balaban J connectivity index is 3.33. The van der Waals surface area contributed by atoms with E-state index in [1.165, 1.54) is 5.92 Å². The van der Waals surface area contributed by atoms with Crippen LogP contribution in [0.5, 0.6) is 0 Å². The molecule has 0 spiro atoms. The van der Waals surface area contributed by atoms with Crippen molar-refractivity contribution in [3.63, 3.8) is 0 Å². The molecule has 0 aromatic carbocycles. The Kier molecular flexibility index (Phi) is 2.73. The van der Waals surface area contributed by atoms with Crippen molar-refractivity contribution in [1.82, 2.24) is 0 Å².